The highest BCUT2D eigenvalue weighted by Crippen LogP contribution is 2.20. The van der Waals surface area contributed by atoms with Gasteiger partial charge in [0, 0.05) is 17.8 Å². The summed E-state index contributed by atoms with van der Waals surface area (Å²) in [6, 6.07) is 2.03. The first-order valence-electron chi connectivity index (χ1n) is 6.10. The molecule has 0 saturated carbocycles. The van der Waals surface area contributed by atoms with Crippen molar-refractivity contribution in [2.45, 2.75) is 25.2 Å². The lowest BCUT2D eigenvalue weighted by atomic mass is 10.2. The van der Waals surface area contributed by atoms with Gasteiger partial charge in [0.25, 0.3) is 0 Å². The van der Waals surface area contributed by atoms with E-state index in [0.29, 0.717) is 6.54 Å². The van der Waals surface area contributed by atoms with Crippen LogP contribution < -0.4 is 15.8 Å². The first-order chi connectivity index (χ1) is 9.27. The summed E-state index contributed by atoms with van der Waals surface area (Å²) in [6.45, 7) is 3.39. The number of nitrogens with two attached hydrogens (primary N) is 1. The second kappa shape index (κ2) is 6.67. The van der Waals surface area contributed by atoms with Crippen molar-refractivity contribution >= 4 is 21.6 Å². The zero-order valence-corrected chi connectivity index (χ0v) is 12.2. The van der Waals surface area contributed by atoms with Gasteiger partial charge in [-0.1, -0.05) is 6.92 Å². The number of hydrogen-bond donors (Lipinski definition) is 3. The van der Waals surface area contributed by atoms with Crippen molar-refractivity contribution in [1.29, 1.82) is 0 Å². The normalized spacial score (nSPS) is 11.3. The van der Waals surface area contributed by atoms with E-state index >= 15 is 0 Å². The first-order valence-corrected chi connectivity index (χ1v) is 7.58. The fourth-order valence-corrected chi connectivity index (χ4v) is 2.43. The van der Waals surface area contributed by atoms with Gasteiger partial charge in [0.15, 0.2) is 0 Å². The molecule has 0 spiro atoms. The van der Waals surface area contributed by atoms with E-state index < -0.39 is 28.3 Å². The Morgan fingerprint density at radius 2 is 2.05 bits per heavy atom. The summed E-state index contributed by atoms with van der Waals surface area (Å²) in [5.41, 5.74) is 5.76. The summed E-state index contributed by atoms with van der Waals surface area (Å²) < 4.78 is 39.4. The van der Waals surface area contributed by atoms with Crippen molar-refractivity contribution in [3.63, 3.8) is 0 Å². The molecule has 0 heterocycles. The van der Waals surface area contributed by atoms with Gasteiger partial charge >= 0.3 is 0 Å². The van der Waals surface area contributed by atoms with Crippen molar-refractivity contribution in [2.24, 2.45) is 0 Å². The van der Waals surface area contributed by atoms with Crippen LogP contribution in [0.4, 0.5) is 10.1 Å². The number of carbonyl (C=O) groups is 1. The van der Waals surface area contributed by atoms with Gasteiger partial charge in [-0.3, -0.25) is 4.79 Å². The molecule has 0 radical (unpaired) electrons. The smallest absolute Gasteiger partial charge is 0.241 e. The van der Waals surface area contributed by atoms with Gasteiger partial charge in [-0.05, 0) is 25.5 Å². The Balaban J connectivity index is 2.82. The molecule has 1 aromatic rings. The van der Waals surface area contributed by atoms with Crippen molar-refractivity contribution in [2.75, 3.05) is 18.8 Å². The maximum Gasteiger partial charge on any atom is 0.241 e. The van der Waals surface area contributed by atoms with Crippen LogP contribution in [0.25, 0.3) is 0 Å². The quantitative estimate of drug-likeness (QED) is 0.667. The lowest BCUT2D eigenvalue weighted by Gasteiger charge is -2.09. The lowest BCUT2D eigenvalue weighted by molar-refractivity contribution is -0.119. The van der Waals surface area contributed by atoms with E-state index in [1.54, 1.807) is 0 Å². The number of rotatable bonds is 6. The molecule has 0 fully saturated rings. The summed E-state index contributed by atoms with van der Waals surface area (Å²) in [5, 5.41) is 2.52. The zero-order valence-electron chi connectivity index (χ0n) is 11.4. The van der Waals surface area contributed by atoms with Gasteiger partial charge in [-0.25, -0.2) is 17.5 Å². The van der Waals surface area contributed by atoms with Gasteiger partial charge in [0.2, 0.25) is 15.9 Å². The third kappa shape index (κ3) is 4.17. The molecule has 20 heavy (non-hydrogen) atoms. The molecule has 112 valence electrons. The first kappa shape index (κ1) is 16.4. The minimum Gasteiger partial charge on any atom is -0.398 e. The van der Waals surface area contributed by atoms with E-state index in [1.807, 2.05) is 6.92 Å². The zero-order chi connectivity index (χ0) is 15.3. The average Bonchev–Trinajstić information content (AvgIpc) is 2.39. The second-order valence-corrected chi connectivity index (χ2v) is 6.06. The average molecular weight is 303 g/mol. The predicted molar refractivity (Wildman–Crippen MR) is 74.0 cm³/mol. The molecular weight excluding hydrogens is 285 g/mol. The fourth-order valence-electron chi connectivity index (χ4n) is 1.40. The van der Waals surface area contributed by atoms with Crippen molar-refractivity contribution in [3.8, 4) is 0 Å². The lowest BCUT2D eigenvalue weighted by Crippen LogP contribution is -2.37. The number of nitrogen functional groups attached to an aromatic ring is 1. The largest absolute Gasteiger partial charge is 0.398 e. The van der Waals surface area contributed by atoms with Crippen molar-refractivity contribution in [3.05, 3.63) is 23.5 Å². The van der Waals surface area contributed by atoms with Crippen LogP contribution in [0.15, 0.2) is 17.0 Å². The van der Waals surface area contributed by atoms with Gasteiger partial charge < -0.3 is 11.1 Å². The van der Waals surface area contributed by atoms with Gasteiger partial charge in [-0.15, -0.1) is 0 Å². The molecule has 1 amide bonds. The molecule has 4 N–H and O–H groups in total. The SMILES string of the molecule is CCCNC(=O)CNS(=O)(=O)c1cc(N)c(C)c(F)c1. The predicted octanol–water partition coefficient (Wildman–Crippen LogP) is 0.521. The number of benzene rings is 1. The molecule has 0 bridgehead atoms. The van der Waals surface area contributed by atoms with E-state index in [4.69, 9.17) is 5.73 Å². The van der Waals surface area contributed by atoms with E-state index in [9.17, 15) is 17.6 Å². The summed E-state index contributed by atoms with van der Waals surface area (Å²) in [4.78, 5) is 11.0. The number of carbonyl (C=O) groups excluding carboxylic acids is 1. The Kier molecular flexibility index (Phi) is 5.46. The minimum absolute atomic E-state index is 0.0424. The Labute approximate surface area is 117 Å². The number of amides is 1. The number of halogens is 1. The van der Waals surface area contributed by atoms with Crippen LogP contribution in [0.1, 0.15) is 18.9 Å². The minimum atomic E-state index is -3.97. The Morgan fingerprint density at radius 1 is 1.40 bits per heavy atom. The van der Waals surface area contributed by atoms with Crippen LogP contribution in [-0.2, 0) is 14.8 Å². The van der Waals surface area contributed by atoms with Crippen LogP contribution in [0.3, 0.4) is 0 Å². The molecule has 0 saturated heterocycles. The van der Waals surface area contributed by atoms with Gasteiger partial charge in [0.05, 0.1) is 11.4 Å². The number of sulfonamides is 1. The fraction of sp³-hybridized carbons (Fsp3) is 0.417. The van der Waals surface area contributed by atoms with E-state index in [1.165, 1.54) is 6.92 Å². The molecule has 0 aromatic heterocycles. The number of anilines is 1. The molecular formula is C12H18FN3O3S. The highest BCUT2D eigenvalue weighted by Gasteiger charge is 2.18. The molecule has 6 nitrogen and oxygen atoms in total. The Morgan fingerprint density at radius 3 is 2.60 bits per heavy atom. The summed E-state index contributed by atoms with van der Waals surface area (Å²) in [5.74, 6) is -1.16. The molecule has 0 aliphatic rings. The highest BCUT2D eigenvalue weighted by atomic mass is 32.2. The maximum atomic E-state index is 13.5. The van der Waals surface area contributed by atoms with Crippen LogP contribution in [-0.4, -0.2) is 27.4 Å². The third-order valence-electron chi connectivity index (χ3n) is 2.66. The number of hydrogen-bond acceptors (Lipinski definition) is 4. The van der Waals surface area contributed by atoms with Crippen LogP contribution in [0.2, 0.25) is 0 Å². The third-order valence-corrected chi connectivity index (χ3v) is 4.04. The molecule has 0 aliphatic heterocycles. The van der Waals surface area contributed by atoms with E-state index in [-0.39, 0.29) is 16.1 Å². The van der Waals surface area contributed by atoms with Crippen LogP contribution in [0, 0.1) is 12.7 Å². The molecule has 0 atom stereocenters. The molecule has 1 rings (SSSR count). The van der Waals surface area contributed by atoms with Gasteiger partial charge in [-0.2, -0.15) is 0 Å². The van der Waals surface area contributed by atoms with Gasteiger partial charge in [0.1, 0.15) is 5.82 Å². The van der Waals surface area contributed by atoms with E-state index in [2.05, 4.69) is 10.0 Å². The molecule has 0 unspecified atom stereocenters. The summed E-state index contributed by atoms with van der Waals surface area (Å²) in [7, 11) is -3.97. The van der Waals surface area contributed by atoms with Crippen molar-refractivity contribution < 1.29 is 17.6 Å². The van der Waals surface area contributed by atoms with Crippen LogP contribution >= 0.6 is 0 Å². The molecule has 1 aromatic carbocycles. The summed E-state index contributed by atoms with van der Waals surface area (Å²) >= 11 is 0. The summed E-state index contributed by atoms with van der Waals surface area (Å²) in [6.07, 6.45) is 0.748. The standard InChI is InChI=1S/C12H18FN3O3S/c1-3-4-15-12(17)7-16-20(18,19)9-5-10(13)8(2)11(14)6-9/h5-6,16H,3-4,7,14H2,1-2H3,(H,15,17). The second-order valence-electron chi connectivity index (χ2n) is 4.29. The van der Waals surface area contributed by atoms with Crippen molar-refractivity contribution in [1.82, 2.24) is 10.0 Å². The maximum absolute atomic E-state index is 13.5. The number of nitrogens with one attached hydrogen (secondary N) is 2. The Hall–Kier alpha value is -1.67. The topological polar surface area (TPSA) is 101 Å². The molecule has 8 heteroatoms. The van der Waals surface area contributed by atoms with E-state index in [0.717, 1.165) is 18.6 Å². The Bertz CT molecular complexity index is 579. The van der Waals surface area contributed by atoms with Crippen LogP contribution in [0.5, 0.6) is 0 Å². The molecule has 0 aliphatic carbocycles. The highest BCUT2D eigenvalue weighted by molar-refractivity contribution is 7.89. The monoisotopic (exact) mass is 303 g/mol.